The van der Waals surface area contributed by atoms with E-state index in [2.05, 4.69) is 10.4 Å². The first-order chi connectivity index (χ1) is 12.0. The largest absolute Gasteiger partial charge is 0.459 e. The summed E-state index contributed by atoms with van der Waals surface area (Å²) in [6, 6.07) is 1.85. The van der Waals surface area contributed by atoms with Gasteiger partial charge in [-0.25, -0.2) is 4.79 Å². The van der Waals surface area contributed by atoms with Crippen molar-refractivity contribution in [2.45, 2.75) is 59.1 Å². The molecular formula is C18H23N3O3S. The Bertz CT molecular complexity index is 792. The second kappa shape index (κ2) is 7.39. The summed E-state index contributed by atoms with van der Waals surface area (Å²) in [4.78, 5) is 26.2. The lowest BCUT2D eigenvalue weighted by molar-refractivity contribution is -0.116. The summed E-state index contributed by atoms with van der Waals surface area (Å²) in [7, 11) is 0. The number of aryl methyl sites for hydroxylation is 2. The standard InChI is InChI=1S/C18H23N3O3S/c1-11(2)24-18(23)16-13-6-4-5-7-14(13)25-17(16)20-15(22)10-21-12(3)8-9-19-21/h8-9,11H,4-7,10H2,1-3H3,(H,20,22). The Hall–Kier alpha value is -2.15. The maximum Gasteiger partial charge on any atom is 0.341 e. The minimum Gasteiger partial charge on any atom is -0.459 e. The Morgan fingerprint density at radius 1 is 1.36 bits per heavy atom. The highest BCUT2D eigenvalue weighted by Crippen LogP contribution is 2.38. The minimum absolute atomic E-state index is 0.125. The molecule has 0 unspecified atom stereocenters. The summed E-state index contributed by atoms with van der Waals surface area (Å²) in [6.45, 7) is 5.68. The zero-order valence-electron chi connectivity index (χ0n) is 14.8. The molecule has 0 atom stereocenters. The second-order valence-electron chi connectivity index (χ2n) is 6.55. The highest BCUT2D eigenvalue weighted by atomic mass is 32.1. The first kappa shape index (κ1) is 17.7. The van der Waals surface area contributed by atoms with Gasteiger partial charge in [-0.05, 0) is 58.1 Å². The number of thiophene rings is 1. The van der Waals surface area contributed by atoms with Crippen LogP contribution in [0.15, 0.2) is 12.3 Å². The molecule has 2 aromatic rings. The molecule has 1 N–H and O–H groups in total. The summed E-state index contributed by atoms with van der Waals surface area (Å²) in [6.07, 6.45) is 5.47. The normalized spacial score (nSPS) is 13.6. The van der Waals surface area contributed by atoms with E-state index in [1.165, 1.54) is 16.2 Å². The van der Waals surface area contributed by atoms with Gasteiger partial charge in [0.25, 0.3) is 0 Å². The number of anilines is 1. The molecule has 25 heavy (non-hydrogen) atoms. The van der Waals surface area contributed by atoms with Crippen molar-refractivity contribution < 1.29 is 14.3 Å². The lowest BCUT2D eigenvalue weighted by Gasteiger charge is -2.14. The summed E-state index contributed by atoms with van der Waals surface area (Å²) in [5.74, 6) is -0.538. The molecule has 1 amide bonds. The third-order valence-corrected chi connectivity index (χ3v) is 5.40. The lowest BCUT2D eigenvalue weighted by atomic mass is 9.95. The molecule has 0 saturated carbocycles. The number of rotatable bonds is 5. The van der Waals surface area contributed by atoms with Gasteiger partial charge >= 0.3 is 5.97 Å². The van der Waals surface area contributed by atoms with Crippen molar-refractivity contribution >= 4 is 28.2 Å². The molecule has 6 nitrogen and oxygen atoms in total. The number of hydrogen-bond donors (Lipinski definition) is 1. The Balaban J connectivity index is 1.84. The topological polar surface area (TPSA) is 73.2 Å². The van der Waals surface area contributed by atoms with Crippen LogP contribution >= 0.6 is 11.3 Å². The number of esters is 1. The fraction of sp³-hybridized carbons (Fsp3) is 0.500. The van der Waals surface area contributed by atoms with E-state index in [0.29, 0.717) is 10.6 Å². The van der Waals surface area contributed by atoms with E-state index in [0.717, 1.165) is 36.9 Å². The Morgan fingerprint density at radius 2 is 2.12 bits per heavy atom. The maximum absolute atomic E-state index is 12.6. The molecule has 2 aromatic heterocycles. The molecule has 1 aliphatic rings. The van der Waals surface area contributed by atoms with Crippen molar-refractivity contribution in [3.05, 3.63) is 34.0 Å². The quantitative estimate of drug-likeness (QED) is 0.829. The zero-order chi connectivity index (χ0) is 18.0. The number of nitrogens with one attached hydrogen (secondary N) is 1. The van der Waals surface area contributed by atoms with Crippen LogP contribution in [0.3, 0.4) is 0 Å². The fourth-order valence-corrected chi connectivity index (χ4v) is 4.30. The van der Waals surface area contributed by atoms with Crippen LogP contribution < -0.4 is 5.32 Å². The van der Waals surface area contributed by atoms with Gasteiger partial charge in [0, 0.05) is 16.8 Å². The number of carbonyl (C=O) groups excluding carboxylic acids is 2. The first-order valence-corrected chi connectivity index (χ1v) is 9.41. The molecule has 0 saturated heterocycles. The average molecular weight is 361 g/mol. The van der Waals surface area contributed by atoms with Gasteiger partial charge < -0.3 is 10.1 Å². The molecule has 0 aliphatic heterocycles. The van der Waals surface area contributed by atoms with Gasteiger partial charge in [0.15, 0.2) is 0 Å². The van der Waals surface area contributed by atoms with Crippen LogP contribution in [0, 0.1) is 6.92 Å². The van der Waals surface area contributed by atoms with E-state index >= 15 is 0 Å². The van der Waals surface area contributed by atoms with Crippen LogP contribution in [0.4, 0.5) is 5.00 Å². The monoisotopic (exact) mass is 361 g/mol. The third kappa shape index (κ3) is 3.92. The summed E-state index contributed by atoms with van der Waals surface area (Å²) in [5.41, 5.74) is 2.51. The molecule has 0 spiro atoms. The number of amides is 1. The van der Waals surface area contributed by atoms with E-state index < -0.39 is 0 Å². The fourth-order valence-electron chi connectivity index (χ4n) is 3.01. The van der Waals surface area contributed by atoms with Gasteiger partial charge in [-0.3, -0.25) is 9.48 Å². The minimum atomic E-state index is -0.347. The molecule has 0 fully saturated rings. The van der Waals surface area contributed by atoms with E-state index in [1.54, 1.807) is 10.9 Å². The molecule has 134 valence electrons. The number of ether oxygens (including phenoxy) is 1. The maximum atomic E-state index is 12.6. The average Bonchev–Trinajstić information content (AvgIpc) is 3.09. The first-order valence-electron chi connectivity index (χ1n) is 8.59. The van der Waals surface area contributed by atoms with Crippen LogP contribution in [-0.4, -0.2) is 27.8 Å². The SMILES string of the molecule is Cc1ccnn1CC(=O)Nc1sc2c(c1C(=O)OC(C)C)CCCC2. The second-order valence-corrected chi connectivity index (χ2v) is 7.65. The van der Waals surface area contributed by atoms with Crippen molar-refractivity contribution in [2.75, 3.05) is 5.32 Å². The number of carbonyl (C=O) groups is 2. The third-order valence-electron chi connectivity index (χ3n) is 4.19. The van der Waals surface area contributed by atoms with E-state index in [1.807, 2.05) is 26.8 Å². The van der Waals surface area contributed by atoms with Crippen LogP contribution in [0.2, 0.25) is 0 Å². The lowest BCUT2D eigenvalue weighted by Crippen LogP contribution is -2.22. The van der Waals surface area contributed by atoms with Crippen LogP contribution in [0.1, 0.15) is 53.2 Å². The number of fused-ring (bicyclic) bond motifs is 1. The zero-order valence-corrected chi connectivity index (χ0v) is 15.6. The molecule has 2 heterocycles. The predicted molar refractivity (Wildman–Crippen MR) is 97.1 cm³/mol. The van der Waals surface area contributed by atoms with Crippen molar-refractivity contribution in [1.29, 1.82) is 0 Å². The Kier molecular flexibility index (Phi) is 5.22. The van der Waals surface area contributed by atoms with Gasteiger partial charge in [0.05, 0.1) is 11.7 Å². The van der Waals surface area contributed by atoms with E-state index in [9.17, 15) is 9.59 Å². The smallest absolute Gasteiger partial charge is 0.341 e. The number of nitrogens with zero attached hydrogens (tertiary/aromatic N) is 2. The van der Waals surface area contributed by atoms with E-state index in [4.69, 9.17) is 4.74 Å². The van der Waals surface area contributed by atoms with Gasteiger partial charge in [-0.2, -0.15) is 5.10 Å². The van der Waals surface area contributed by atoms with Crippen LogP contribution in [-0.2, 0) is 28.9 Å². The summed E-state index contributed by atoms with van der Waals surface area (Å²) in [5, 5.41) is 7.64. The van der Waals surface area contributed by atoms with Gasteiger partial charge in [0.1, 0.15) is 11.5 Å². The van der Waals surface area contributed by atoms with Crippen molar-refractivity contribution in [2.24, 2.45) is 0 Å². The molecule has 0 bridgehead atoms. The molecule has 1 aliphatic carbocycles. The van der Waals surface area contributed by atoms with Crippen molar-refractivity contribution in [3.63, 3.8) is 0 Å². The van der Waals surface area contributed by atoms with Crippen molar-refractivity contribution in [3.8, 4) is 0 Å². The highest BCUT2D eigenvalue weighted by Gasteiger charge is 2.27. The number of hydrogen-bond acceptors (Lipinski definition) is 5. The molecule has 3 rings (SSSR count). The molecule has 7 heteroatoms. The van der Waals surface area contributed by atoms with E-state index in [-0.39, 0.29) is 24.5 Å². The van der Waals surface area contributed by atoms with Crippen LogP contribution in [0.5, 0.6) is 0 Å². The Labute approximate surface area is 151 Å². The summed E-state index contributed by atoms with van der Waals surface area (Å²) >= 11 is 1.50. The van der Waals surface area contributed by atoms with Gasteiger partial charge in [-0.1, -0.05) is 0 Å². The molecule has 0 radical (unpaired) electrons. The van der Waals surface area contributed by atoms with Crippen molar-refractivity contribution in [1.82, 2.24) is 9.78 Å². The van der Waals surface area contributed by atoms with Gasteiger partial charge in [-0.15, -0.1) is 11.3 Å². The number of aromatic nitrogens is 2. The highest BCUT2D eigenvalue weighted by molar-refractivity contribution is 7.17. The summed E-state index contributed by atoms with van der Waals surface area (Å²) < 4.78 is 7.04. The van der Waals surface area contributed by atoms with Crippen LogP contribution in [0.25, 0.3) is 0 Å². The van der Waals surface area contributed by atoms with Gasteiger partial charge in [0.2, 0.25) is 5.91 Å². The molecular weight excluding hydrogens is 338 g/mol. The predicted octanol–water partition coefficient (Wildman–Crippen LogP) is 3.34. The molecule has 0 aromatic carbocycles. The Morgan fingerprint density at radius 3 is 2.80 bits per heavy atom.